The third kappa shape index (κ3) is 4.29. The van der Waals surface area contributed by atoms with E-state index >= 15 is 0 Å². The highest BCUT2D eigenvalue weighted by molar-refractivity contribution is 7.17. The lowest BCUT2D eigenvalue weighted by molar-refractivity contribution is -0.118. The van der Waals surface area contributed by atoms with E-state index in [2.05, 4.69) is 10.3 Å². The van der Waals surface area contributed by atoms with E-state index in [0.29, 0.717) is 28.6 Å². The van der Waals surface area contributed by atoms with Gasteiger partial charge in [-0.1, -0.05) is 23.7 Å². The number of hydrogen-bond acceptors (Lipinski definition) is 4. The Bertz CT molecular complexity index is 700. The van der Waals surface area contributed by atoms with Crippen LogP contribution in [0.1, 0.15) is 28.2 Å². The van der Waals surface area contributed by atoms with Crippen LogP contribution in [0.15, 0.2) is 24.3 Å². The fraction of sp³-hybridized carbons (Fsp3) is 0.267. The molecule has 0 bridgehead atoms. The number of carbonyl (C=O) groups is 2. The van der Waals surface area contributed by atoms with Gasteiger partial charge in [-0.3, -0.25) is 9.59 Å². The predicted octanol–water partition coefficient (Wildman–Crippen LogP) is 2.77. The number of nitrogens with one attached hydrogen (secondary N) is 1. The molecule has 5 nitrogen and oxygen atoms in total. The van der Waals surface area contributed by atoms with E-state index in [1.54, 1.807) is 13.0 Å². The van der Waals surface area contributed by atoms with Crippen molar-refractivity contribution in [1.82, 2.24) is 10.3 Å². The molecule has 0 fully saturated rings. The number of primary amides is 1. The number of hydrogen-bond donors (Lipinski definition) is 2. The van der Waals surface area contributed by atoms with Crippen molar-refractivity contribution in [3.8, 4) is 10.6 Å². The van der Waals surface area contributed by atoms with Gasteiger partial charge in [-0.15, -0.1) is 11.3 Å². The number of aromatic nitrogens is 1. The van der Waals surface area contributed by atoms with Crippen LogP contribution >= 0.6 is 22.9 Å². The molecule has 1 aromatic heterocycles. The summed E-state index contributed by atoms with van der Waals surface area (Å²) >= 11 is 7.29. The van der Waals surface area contributed by atoms with Gasteiger partial charge in [0.15, 0.2) is 0 Å². The fourth-order valence-electron chi connectivity index (χ4n) is 1.90. The molecule has 0 radical (unpaired) electrons. The van der Waals surface area contributed by atoms with E-state index in [9.17, 15) is 9.59 Å². The van der Waals surface area contributed by atoms with Gasteiger partial charge in [-0.2, -0.15) is 0 Å². The average Bonchev–Trinajstić information content (AvgIpc) is 2.85. The Kier molecular flexibility index (Phi) is 5.51. The minimum atomic E-state index is -0.369. The molecule has 2 rings (SSSR count). The molecule has 22 heavy (non-hydrogen) atoms. The van der Waals surface area contributed by atoms with Gasteiger partial charge in [0.1, 0.15) is 9.88 Å². The van der Waals surface area contributed by atoms with Crippen molar-refractivity contribution in [3.05, 3.63) is 39.9 Å². The summed E-state index contributed by atoms with van der Waals surface area (Å²) < 4.78 is 0. The number of thiazole rings is 1. The number of amides is 2. The van der Waals surface area contributed by atoms with Gasteiger partial charge in [-0.05, 0) is 25.5 Å². The third-order valence-corrected chi connectivity index (χ3v) is 4.40. The summed E-state index contributed by atoms with van der Waals surface area (Å²) in [5.74, 6) is -0.556. The molecule has 0 aliphatic rings. The normalized spacial score (nSPS) is 10.5. The average molecular weight is 338 g/mol. The number of aryl methyl sites for hydroxylation is 1. The van der Waals surface area contributed by atoms with Crippen LogP contribution in [0.5, 0.6) is 0 Å². The minimum absolute atomic E-state index is 0.187. The molecule has 1 heterocycles. The topological polar surface area (TPSA) is 85.1 Å². The van der Waals surface area contributed by atoms with Crippen molar-refractivity contribution >= 4 is 34.8 Å². The summed E-state index contributed by atoms with van der Waals surface area (Å²) in [6.07, 6.45) is 0.787. The zero-order valence-corrected chi connectivity index (χ0v) is 13.6. The second kappa shape index (κ2) is 7.38. The Morgan fingerprint density at radius 2 is 2.18 bits per heavy atom. The van der Waals surface area contributed by atoms with Crippen molar-refractivity contribution in [2.75, 3.05) is 6.54 Å². The molecule has 7 heteroatoms. The van der Waals surface area contributed by atoms with Crippen molar-refractivity contribution in [3.63, 3.8) is 0 Å². The highest BCUT2D eigenvalue weighted by Gasteiger charge is 2.16. The molecule has 116 valence electrons. The molecule has 3 N–H and O–H groups in total. The summed E-state index contributed by atoms with van der Waals surface area (Å²) in [6, 6.07) is 7.35. The molecule has 0 aliphatic heterocycles. The van der Waals surface area contributed by atoms with Crippen LogP contribution in [0.25, 0.3) is 10.6 Å². The summed E-state index contributed by atoms with van der Waals surface area (Å²) in [4.78, 5) is 27.8. The number of rotatable bonds is 6. The third-order valence-electron chi connectivity index (χ3n) is 2.96. The van der Waals surface area contributed by atoms with Gasteiger partial charge >= 0.3 is 0 Å². The monoisotopic (exact) mass is 337 g/mol. The van der Waals surface area contributed by atoms with Gasteiger partial charge in [0, 0.05) is 23.6 Å². The Hall–Kier alpha value is -1.92. The minimum Gasteiger partial charge on any atom is -0.370 e. The fourth-order valence-corrected chi connectivity index (χ4v) is 3.07. The lowest BCUT2D eigenvalue weighted by Gasteiger charge is -2.02. The molecule has 1 aromatic carbocycles. The van der Waals surface area contributed by atoms with E-state index < -0.39 is 0 Å². The molecule has 2 aromatic rings. The van der Waals surface area contributed by atoms with Crippen molar-refractivity contribution in [2.24, 2.45) is 5.73 Å². The lowest BCUT2D eigenvalue weighted by atomic mass is 10.2. The van der Waals surface area contributed by atoms with E-state index in [1.165, 1.54) is 11.3 Å². The molecular formula is C15H16ClN3O2S. The smallest absolute Gasteiger partial charge is 0.263 e. The van der Waals surface area contributed by atoms with Crippen LogP contribution in [-0.4, -0.2) is 23.3 Å². The molecule has 0 atom stereocenters. The maximum atomic E-state index is 12.1. The van der Waals surface area contributed by atoms with Crippen LogP contribution in [0, 0.1) is 6.92 Å². The summed E-state index contributed by atoms with van der Waals surface area (Å²) in [6.45, 7) is 2.20. The van der Waals surface area contributed by atoms with Crippen LogP contribution in [0.3, 0.4) is 0 Å². The maximum Gasteiger partial charge on any atom is 0.263 e. The van der Waals surface area contributed by atoms with E-state index in [0.717, 1.165) is 10.6 Å². The van der Waals surface area contributed by atoms with Crippen molar-refractivity contribution < 1.29 is 9.59 Å². The second-order valence-corrected chi connectivity index (χ2v) is 6.21. The standard InChI is InChI=1S/C15H16ClN3O2S/c1-9-13(14(21)18-7-3-6-12(17)20)22-15(19-9)10-4-2-5-11(16)8-10/h2,4-5,8H,3,6-7H2,1H3,(H2,17,20)(H,18,21). The Labute approximate surface area is 137 Å². The number of halogens is 1. The highest BCUT2D eigenvalue weighted by atomic mass is 35.5. The van der Waals surface area contributed by atoms with Gasteiger partial charge < -0.3 is 11.1 Å². The van der Waals surface area contributed by atoms with Gasteiger partial charge in [0.2, 0.25) is 5.91 Å². The Morgan fingerprint density at radius 1 is 1.41 bits per heavy atom. The SMILES string of the molecule is Cc1nc(-c2cccc(Cl)c2)sc1C(=O)NCCCC(N)=O. The predicted molar refractivity (Wildman–Crippen MR) is 88.1 cm³/mol. The molecule has 0 spiro atoms. The van der Waals surface area contributed by atoms with Crippen LogP contribution in [-0.2, 0) is 4.79 Å². The Balaban J connectivity index is 2.06. The maximum absolute atomic E-state index is 12.1. The van der Waals surface area contributed by atoms with Crippen LogP contribution < -0.4 is 11.1 Å². The quantitative estimate of drug-likeness (QED) is 0.795. The van der Waals surface area contributed by atoms with E-state index in [4.69, 9.17) is 17.3 Å². The number of carbonyl (C=O) groups excluding carboxylic acids is 2. The number of nitrogens with zero attached hydrogens (tertiary/aromatic N) is 1. The summed E-state index contributed by atoms with van der Waals surface area (Å²) in [5.41, 5.74) is 6.61. The van der Waals surface area contributed by atoms with Gasteiger partial charge in [0.25, 0.3) is 5.91 Å². The first-order valence-corrected chi connectivity index (χ1v) is 7.96. The largest absolute Gasteiger partial charge is 0.370 e. The lowest BCUT2D eigenvalue weighted by Crippen LogP contribution is -2.25. The zero-order chi connectivity index (χ0) is 16.1. The van der Waals surface area contributed by atoms with E-state index in [-0.39, 0.29) is 18.2 Å². The molecular weight excluding hydrogens is 322 g/mol. The Morgan fingerprint density at radius 3 is 2.86 bits per heavy atom. The highest BCUT2D eigenvalue weighted by Crippen LogP contribution is 2.29. The van der Waals surface area contributed by atoms with Crippen LogP contribution in [0.4, 0.5) is 0 Å². The summed E-state index contributed by atoms with van der Waals surface area (Å²) in [7, 11) is 0. The first-order chi connectivity index (χ1) is 10.5. The van der Waals surface area contributed by atoms with Crippen LogP contribution in [0.2, 0.25) is 5.02 Å². The summed E-state index contributed by atoms with van der Waals surface area (Å²) in [5, 5.41) is 4.15. The van der Waals surface area contributed by atoms with Crippen molar-refractivity contribution in [2.45, 2.75) is 19.8 Å². The number of nitrogens with two attached hydrogens (primary N) is 1. The molecule has 0 aliphatic carbocycles. The zero-order valence-electron chi connectivity index (χ0n) is 12.1. The van der Waals surface area contributed by atoms with Gasteiger partial charge in [0.05, 0.1) is 5.69 Å². The molecule has 0 saturated carbocycles. The second-order valence-electron chi connectivity index (χ2n) is 4.77. The van der Waals surface area contributed by atoms with E-state index in [1.807, 2.05) is 18.2 Å². The first kappa shape index (κ1) is 16.5. The molecule has 0 saturated heterocycles. The molecule has 0 unspecified atom stereocenters. The molecule has 2 amide bonds. The number of benzene rings is 1. The van der Waals surface area contributed by atoms with Gasteiger partial charge in [-0.25, -0.2) is 4.98 Å². The van der Waals surface area contributed by atoms with Crippen molar-refractivity contribution in [1.29, 1.82) is 0 Å². The first-order valence-electron chi connectivity index (χ1n) is 6.77.